The number of methoxy groups -OCH3 is 1. The van der Waals surface area contributed by atoms with Gasteiger partial charge in [0, 0.05) is 0 Å². The van der Waals surface area contributed by atoms with Gasteiger partial charge in [0.1, 0.15) is 42.7 Å². The second-order valence-electron chi connectivity index (χ2n) is 5.75. The van der Waals surface area contributed by atoms with E-state index in [9.17, 15) is 40.5 Å². The smallest absolute Gasteiger partial charge is 0.337 e. The zero-order valence-electron chi connectivity index (χ0n) is 13.2. The number of rotatable bonds is 4. The lowest BCUT2D eigenvalue weighted by molar-refractivity contribution is -0.351. The maximum Gasteiger partial charge on any atom is 0.337 e. The van der Waals surface area contributed by atoms with E-state index in [1.807, 2.05) is 0 Å². The van der Waals surface area contributed by atoms with E-state index in [4.69, 9.17) is 14.2 Å². The molecule has 0 spiro atoms. The number of aliphatic hydroxyl groups excluding tert-OH is 7. The fourth-order valence-electron chi connectivity index (χ4n) is 2.66. The zero-order chi connectivity index (χ0) is 18.9. The van der Waals surface area contributed by atoms with Crippen LogP contribution < -0.4 is 0 Å². The molecular formula is C13H22O12. The molecule has 2 aliphatic rings. The molecule has 12 nitrogen and oxygen atoms in total. The lowest BCUT2D eigenvalue weighted by Crippen LogP contribution is -2.65. The third kappa shape index (κ3) is 3.93. The van der Waals surface area contributed by atoms with Crippen LogP contribution in [0.15, 0.2) is 0 Å². The normalized spacial score (nSPS) is 48.2. The third-order valence-electron chi connectivity index (χ3n) is 4.13. The van der Waals surface area contributed by atoms with Crippen LogP contribution in [0.25, 0.3) is 0 Å². The number of carbonyl (C=O) groups excluding carboxylic acids is 1. The van der Waals surface area contributed by atoms with Crippen molar-refractivity contribution in [1.82, 2.24) is 0 Å². The second kappa shape index (κ2) is 8.18. The van der Waals surface area contributed by atoms with Gasteiger partial charge in [-0.15, -0.1) is 0 Å². The summed E-state index contributed by atoms with van der Waals surface area (Å²) in [6, 6.07) is 0. The molecule has 2 heterocycles. The van der Waals surface area contributed by atoms with Crippen molar-refractivity contribution in [1.29, 1.82) is 0 Å². The monoisotopic (exact) mass is 370 g/mol. The highest BCUT2D eigenvalue weighted by atomic mass is 16.7. The molecule has 2 saturated heterocycles. The molecule has 0 saturated carbocycles. The average Bonchev–Trinajstić information content (AvgIpc) is 2.61. The van der Waals surface area contributed by atoms with E-state index in [2.05, 4.69) is 4.74 Å². The molecular weight excluding hydrogens is 348 g/mol. The lowest BCUT2D eigenvalue weighted by atomic mass is 9.97. The molecule has 0 radical (unpaired) electrons. The van der Waals surface area contributed by atoms with Crippen LogP contribution in [0.1, 0.15) is 0 Å². The Kier molecular flexibility index (Phi) is 6.67. The number of ether oxygens (including phenoxy) is 4. The number of hydrogen-bond donors (Lipinski definition) is 7. The fourth-order valence-corrected chi connectivity index (χ4v) is 2.66. The summed E-state index contributed by atoms with van der Waals surface area (Å²) in [5.74, 6) is -1.04. The van der Waals surface area contributed by atoms with Gasteiger partial charge in [0.25, 0.3) is 0 Å². The molecule has 0 aromatic heterocycles. The summed E-state index contributed by atoms with van der Waals surface area (Å²) in [4.78, 5) is 11.6. The van der Waals surface area contributed by atoms with E-state index in [1.165, 1.54) is 0 Å². The van der Waals surface area contributed by atoms with Gasteiger partial charge in [-0.25, -0.2) is 4.79 Å². The summed E-state index contributed by atoms with van der Waals surface area (Å²) in [6.45, 7) is -0.722. The van der Waals surface area contributed by atoms with E-state index in [0.717, 1.165) is 7.11 Å². The van der Waals surface area contributed by atoms with Gasteiger partial charge in [-0.05, 0) is 0 Å². The molecule has 0 aromatic rings. The molecule has 0 amide bonds. The van der Waals surface area contributed by atoms with E-state index in [-0.39, 0.29) is 0 Å². The minimum Gasteiger partial charge on any atom is -0.467 e. The first-order valence-electron chi connectivity index (χ1n) is 7.46. The first-order valence-corrected chi connectivity index (χ1v) is 7.46. The Hall–Kier alpha value is -0.930. The first kappa shape index (κ1) is 20.4. The van der Waals surface area contributed by atoms with Gasteiger partial charge in [-0.3, -0.25) is 0 Å². The molecule has 10 atom stereocenters. The zero-order valence-corrected chi connectivity index (χ0v) is 13.2. The van der Waals surface area contributed by atoms with Crippen LogP contribution in [0.3, 0.4) is 0 Å². The predicted molar refractivity (Wildman–Crippen MR) is 73.5 cm³/mol. The molecule has 12 heteroatoms. The Morgan fingerprint density at radius 1 is 0.920 bits per heavy atom. The molecule has 0 aromatic carbocycles. The van der Waals surface area contributed by atoms with Crippen molar-refractivity contribution >= 4 is 5.97 Å². The predicted octanol–water partition coefficient (Wildman–Crippen LogP) is -5.22. The van der Waals surface area contributed by atoms with Crippen molar-refractivity contribution in [3.05, 3.63) is 0 Å². The maximum atomic E-state index is 11.6. The Morgan fingerprint density at radius 2 is 1.56 bits per heavy atom. The number of hydrogen-bond acceptors (Lipinski definition) is 12. The Balaban J connectivity index is 2.17. The topological polar surface area (TPSA) is 196 Å². The van der Waals surface area contributed by atoms with E-state index >= 15 is 0 Å². The quantitative estimate of drug-likeness (QED) is 0.233. The van der Waals surface area contributed by atoms with Crippen LogP contribution in [0.5, 0.6) is 0 Å². The van der Waals surface area contributed by atoms with Crippen LogP contribution in [-0.2, 0) is 23.7 Å². The van der Waals surface area contributed by atoms with Crippen molar-refractivity contribution in [3.63, 3.8) is 0 Å². The Morgan fingerprint density at radius 3 is 2.12 bits per heavy atom. The summed E-state index contributed by atoms with van der Waals surface area (Å²) in [5.41, 5.74) is 0. The van der Waals surface area contributed by atoms with E-state index in [0.29, 0.717) is 0 Å². The van der Waals surface area contributed by atoms with Crippen LogP contribution in [0, 0.1) is 0 Å². The van der Waals surface area contributed by atoms with Crippen molar-refractivity contribution in [2.24, 2.45) is 0 Å². The molecule has 146 valence electrons. The summed E-state index contributed by atoms with van der Waals surface area (Å²) in [7, 11) is 1.02. The summed E-state index contributed by atoms with van der Waals surface area (Å²) in [6.07, 6.45) is -17.0. The minimum atomic E-state index is -1.84. The Labute approximate surface area is 141 Å². The molecule has 2 rings (SSSR count). The van der Waals surface area contributed by atoms with Crippen molar-refractivity contribution in [3.8, 4) is 0 Å². The van der Waals surface area contributed by atoms with Crippen LogP contribution in [0.4, 0.5) is 0 Å². The van der Waals surface area contributed by atoms with Gasteiger partial charge >= 0.3 is 5.97 Å². The van der Waals surface area contributed by atoms with Crippen LogP contribution >= 0.6 is 0 Å². The van der Waals surface area contributed by atoms with Crippen molar-refractivity contribution < 1.29 is 59.5 Å². The van der Waals surface area contributed by atoms with Gasteiger partial charge in [0.15, 0.2) is 18.7 Å². The SMILES string of the molecule is COC(=O)[C@H]1O[C@H](O[C@H]2[C@H](O)[C@@H](O)[C@@H](O)O[C@@H]2CO)[C@H](O)[C@@H](O)[C@@H]1O. The summed E-state index contributed by atoms with van der Waals surface area (Å²) < 4.78 is 19.7. The van der Waals surface area contributed by atoms with Crippen molar-refractivity contribution in [2.45, 2.75) is 61.4 Å². The Bertz CT molecular complexity index is 458. The van der Waals surface area contributed by atoms with Gasteiger partial charge in [-0.2, -0.15) is 0 Å². The summed E-state index contributed by atoms with van der Waals surface area (Å²) >= 11 is 0. The van der Waals surface area contributed by atoms with Crippen molar-refractivity contribution in [2.75, 3.05) is 13.7 Å². The maximum absolute atomic E-state index is 11.6. The first-order chi connectivity index (χ1) is 11.7. The number of aliphatic hydroxyl groups is 7. The number of carbonyl (C=O) groups is 1. The van der Waals surface area contributed by atoms with Gasteiger partial charge in [0.2, 0.25) is 0 Å². The highest BCUT2D eigenvalue weighted by Crippen LogP contribution is 2.28. The van der Waals surface area contributed by atoms with E-state index < -0.39 is 74.0 Å². The van der Waals surface area contributed by atoms with Gasteiger partial charge in [-0.1, -0.05) is 0 Å². The molecule has 0 bridgehead atoms. The lowest BCUT2D eigenvalue weighted by Gasteiger charge is -2.44. The third-order valence-corrected chi connectivity index (χ3v) is 4.13. The van der Waals surface area contributed by atoms with E-state index in [1.54, 1.807) is 0 Å². The largest absolute Gasteiger partial charge is 0.467 e. The van der Waals surface area contributed by atoms with Crippen LogP contribution in [-0.4, -0.2) is 117 Å². The van der Waals surface area contributed by atoms with Gasteiger partial charge in [0.05, 0.1) is 13.7 Å². The van der Waals surface area contributed by atoms with Gasteiger partial charge < -0.3 is 54.7 Å². The molecule has 25 heavy (non-hydrogen) atoms. The minimum absolute atomic E-state index is 0.722. The number of esters is 1. The van der Waals surface area contributed by atoms with Crippen LogP contribution in [0.2, 0.25) is 0 Å². The molecule has 2 fully saturated rings. The standard InChI is InChI=1S/C13H22O12/c1-22-12(21)10-5(16)4(15)8(19)13(25-10)24-9-3(2-14)23-11(20)7(18)6(9)17/h3-11,13-20H,2H2,1H3/t3-,4+,5+,6-,7-,8-,9-,10+,11+,13+/m1/s1. The summed E-state index contributed by atoms with van der Waals surface area (Å²) in [5, 5.41) is 67.9. The highest BCUT2D eigenvalue weighted by molar-refractivity contribution is 5.75. The molecule has 0 aliphatic carbocycles. The average molecular weight is 370 g/mol. The second-order valence-corrected chi connectivity index (χ2v) is 5.75. The highest BCUT2D eigenvalue weighted by Gasteiger charge is 2.51. The molecule has 2 aliphatic heterocycles. The molecule has 7 N–H and O–H groups in total. The fraction of sp³-hybridized carbons (Fsp3) is 0.923. The molecule has 0 unspecified atom stereocenters.